The molecular formula is C24H26N4O4. The number of ether oxygens (including phenoxy) is 2. The Morgan fingerprint density at radius 2 is 1.75 bits per heavy atom. The van der Waals surface area contributed by atoms with Gasteiger partial charge in [0.05, 0.1) is 6.04 Å². The Morgan fingerprint density at radius 1 is 1.00 bits per heavy atom. The SMILES string of the molecule is C[C@@H](c1nc(Cc2ccccc2)no1)N1CCN(C(=O)c2ccc3c(c2)OCCO3)CC1. The molecule has 0 aliphatic carbocycles. The van der Waals surface area contributed by atoms with Crippen molar-refractivity contribution in [2.24, 2.45) is 0 Å². The van der Waals surface area contributed by atoms with E-state index in [1.807, 2.05) is 29.2 Å². The first-order chi connectivity index (χ1) is 15.7. The zero-order valence-electron chi connectivity index (χ0n) is 18.1. The summed E-state index contributed by atoms with van der Waals surface area (Å²) in [5.74, 6) is 2.64. The zero-order chi connectivity index (χ0) is 21.9. The highest BCUT2D eigenvalue weighted by atomic mass is 16.6. The Labute approximate surface area is 186 Å². The highest BCUT2D eigenvalue weighted by molar-refractivity contribution is 5.95. The summed E-state index contributed by atoms with van der Waals surface area (Å²) in [5.41, 5.74) is 1.77. The number of carbonyl (C=O) groups is 1. The molecule has 3 aromatic rings. The van der Waals surface area contributed by atoms with Crippen LogP contribution in [0.25, 0.3) is 0 Å². The molecule has 2 aliphatic rings. The lowest BCUT2D eigenvalue weighted by molar-refractivity contribution is 0.0551. The van der Waals surface area contributed by atoms with E-state index in [9.17, 15) is 4.79 Å². The third-order valence-electron chi connectivity index (χ3n) is 5.98. The normalized spacial score (nSPS) is 17.2. The van der Waals surface area contributed by atoms with Crippen LogP contribution in [0.4, 0.5) is 0 Å². The van der Waals surface area contributed by atoms with Gasteiger partial charge in [0, 0.05) is 38.2 Å². The van der Waals surface area contributed by atoms with E-state index in [4.69, 9.17) is 14.0 Å². The van der Waals surface area contributed by atoms with Gasteiger partial charge in [0.1, 0.15) is 13.2 Å². The first kappa shape index (κ1) is 20.5. The van der Waals surface area contributed by atoms with Crippen LogP contribution in [0, 0.1) is 0 Å². The number of fused-ring (bicyclic) bond motifs is 1. The third kappa shape index (κ3) is 4.31. The van der Waals surface area contributed by atoms with Crippen molar-refractivity contribution in [2.45, 2.75) is 19.4 Å². The zero-order valence-corrected chi connectivity index (χ0v) is 18.1. The number of hydrogen-bond acceptors (Lipinski definition) is 7. The molecule has 0 saturated carbocycles. The Hall–Kier alpha value is -3.39. The number of hydrogen-bond donors (Lipinski definition) is 0. The van der Waals surface area contributed by atoms with Crippen LogP contribution in [0.5, 0.6) is 11.5 Å². The summed E-state index contributed by atoms with van der Waals surface area (Å²) in [6, 6.07) is 15.5. The maximum absolute atomic E-state index is 13.0. The van der Waals surface area contributed by atoms with Gasteiger partial charge in [-0.05, 0) is 30.7 Å². The van der Waals surface area contributed by atoms with Gasteiger partial charge in [0.2, 0.25) is 5.89 Å². The van der Waals surface area contributed by atoms with Crippen LogP contribution in [0.1, 0.15) is 40.6 Å². The molecule has 8 heteroatoms. The van der Waals surface area contributed by atoms with Crippen molar-refractivity contribution in [1.29, 1.82) is 0 Å². The molecule has 0 bridgehead atoms. The topological polar surface area (TPSA) is 80.9 Å². The molecule has 1 saturated heterocycles. The Bertz CT molecular complexity index is 1080. The number of piperazine rings is 1. The molecule has 5 rings (SSSR count). The minimum Gasteiger partial charge on any atom is -0.486 e. The molecule has 0 radical (unpaired) electrons. The lowest BCUT2D eigenvalue weighted by Crippen LogP contribution is -2.49. The Kier molecular flexibility index (Phi) is 5.77. The van der Waals surface area contributed by atoms with Crippen molar-refractivity contribution >= 4 is 5.91 Å². The molecule has 32 heavy (non-hydrogen) atoms. The van der Waals surface area contributed by atoms with Gasteiger partial charge >= 0.3 is 0 Å². The molecule has 3 heterocycles. The average Bonchev–Trinajstić information content (AvgIpc) is 3.32. The molecule has 1 amide bonds. The van der Waals surface area contributed by atoms with Crippen LogP contribution in [0.2, 0.25) is 0 Å². The maximum Gasteiger partial charge on any atom is 0.254 e. The van der Waals surface area contributed by atoms with E-state index in [0.29, 0.717) is 61.5 Å². The number of amides is 1. The molecule has 8 nitrogen and oxygen atoms in total. The van der Waals surface area contributed by atoms with Gasteiger partial charge < -0.3 is 18.9 Å². The fourth-order valence-electron chi connectivity index (χ4n) is 4.11. The minimum absolute atomic E-state index is 0.00133. The maximum atomic E-state index is 13.0. The minimum atomic E-state index is -0.00133. The molecule has 2 aliphatic heterocycles. The van der Waals surface area contributed by atoms with E-state index in [2.05, 4.69) is 34.1 Å². The van der Waals surface area contributed by atoms with Crippen molar-refractivity contribution in [3.05, 3.63) is 71.4 Å². The first-order valence-electron chi connectivity index (χ1n) is 11.0. The summed E-state index contributed by atoms with van der Waals surface area (Å²) in [6.07, 6.45) is 0.648. The van der Waals surface area contributed by atoms with Crippen molar-refractivity contribution < 1.29 is 18.8 Å². The lowest BCUT2D eigenvalue weighted by Gasteiger charge is -2.36. The predicted octanol–water partition coefficient (Wildman–Crippen LogP) is 2.95. The number of nitrogens with zero attached hydrogens (tertiary/aromatic N) is 4. The molecule has 0 N–H and O–H groups in total. The molecular weight excluding hydrogens is 408 g/mol. The second-order valence-corrected chi connectivity index (χ2v) is 8.07. The molecule has 0 unspecified atom stereocenters. The van der Waals surface area contributed by atoms with Crippen LogP contribution in [-0.4, -0.2) is 65.2 Å². The molecule has 1 atom stereocenters. The van der Waals surface area contributed by atoms with Gasteiger partial charge in [-0.2, -0.15) is 4.98 Å². The fourth-order valence-corrected chi connectivity index (χ4v) is 4.11. The summed E-state index contributed by atoms with van der Waals surface area (Å²) >= 11 is 0. The highest BCUT2D eigenvalue weighted by Crippen LogP contribution is 2.31. The number of rotatable bonds is 5. The van der Waals surface area contributed by atoms with E-state index in [1.54, 1.807) is 12.1 Å². The predicted molar refractivity (Wildman–Crippen MR) is 117 cm³/mol. The third-order valence-corrected chi connectivity index (χ3v) is 5.98. The smallest absolute Gasteiger partial charge is 0.254 e. The Morgan fingerprint density at radius 3 is 2.53 bits per heavy atom. The Balaban J connectivity index is 1.18. The summed E-state index contributed by atoms with van der Waals surface area (Å²) < 4.78 is 16.7. The first-order valence-corrected chi connectivity index (χ1v) is 11.0. The molecule has 166 valence electrons. The van der Waals surface area contributed by atoms with Crippen LogP contribution < -0.4 is 9.47 Å². The van der Waals surface area contributed by atoms with E-state index in [0.717, 1.165) is 18.7 Å². The van der Waals surface area contributed by atoms with Crippen LogP contribution in [0.3, 0.4) is 0 Å². The van der Waals surface area contributed by atoms with Crippen LogP contribution >= 0.6 is 0 Å². The van der Waals surface area contributed by atoms with Crippen molar-refractivity contribution in [2.75, 3.05) is 39.4 Å². The monoisotopic (exact) mass is 434 g/mol. The quantitative estimate of drug-likeness (QED) is 0.611. The van der Waals surface area contributed by atoms with Crippen LogP contribution in [-0.2, 0) is 6.42 Å². The average molecular weight is 434 g/mol. The second kappa shape index (κ2) is 9.00. The van der Waals surface area contributed by atoms with Gasteiger partial charge in [-0.3, -0.25) is 9.69 Å². The lowest BCUT2D eigenvalue weighted by atomic mass is 10.1. The molecule has 2 aromatic carbocycles. The number of aromatic nitrogens is 2. The highest BCUT2D eigenvalue weighted by Gasteiger charge is 2.28. The van der Waals surface area contributed by atoms with Gasteiger partial charge in [-0.1, -0.05) is 35.5 Å². The summed E-state index contributed by atoms with van der Waals surface area (Å²) in [6.45, 7) is 5.88. The van der Waals surface area contributed by atoms with Crippen molar-refractivity contribution in [3.8, 4) is 11.5 Å². The summed E-state index contributed by atoms with van der Waals surface area (Å²) in [5, 5.41) is 4.15. The van der Waals surface area contributed by atoms with E-state index >= 15 is 0 Å². The van der Waals surface area contributed by atoms with Crippen LogP contribution in [0.15, 0.2) is 53.1 Å². The van der Waals surface area contributed by atoms with Gasteiger partial charge in [0.15, 0.2) is 17.3 Å². The van der Waals surface area contributed by atoms with Gasteiger partial charge in [-0.15, -0.1) is 0 Å². The molecule has 1 fully saturated rings. The molecule has 1 aromatic heterocycles. The summed E-state index contributed by atoms with van der Waals surface area (Å²) in [4.78, 5) is 21.7. The molecule has 0 spiro atoms. The fraction of sp³-hybridized carbons (Fsp3) is 0.375. The number of carbonyl (C=O) groups excluding carboxylic acids is 1. The van der Waals surface area contributed by atoms with Gasteiger partial charge in [-0.25, -0.2) is 0 Å². The van der Waals surface area contributed by atoms with E-state index in [-0.39, 0.29) is 11.9 Å². The van der Waals surface area contributed by atoms with E-state index in [1.165, 1.54) is 0 Å². The standard InChI is InChI=1S/C24H26N4O4/c1-17(23-25-22(26-32-23)15-18-5-3-2-4-6-18)27-9-11-28(12-10-27)24(29)19-7-8-20-21(16-19)31-14-13-30-20/h2-8,16-17H,9-15H2,1H3/t17-/m0/s1. The van der Waals surface area contributed by atoms with E-state index < -0.39 is 0 Å². The number of benzene rings is 2. The van der Waals surface area contributed by atoms with Crippen molar-refractivity contribution in [1.82, 2.24) is 19.9 Å². The van der Waals surface area contributed by atoms with Gasteiger partial charge in [0.25, 0.3) is 5.91 Å². The van der Waals surface area contributed by atoms with Crippen molar-refractivity contribution in [3.63, 3.8) is 0 Å². The largest absolute Gasteiger partial charge is 0.486 e. The second-order valence-electron chi connectivity index (χ2n) is 8.07. The summed E-state index contributed by atoms with van der Waals surface area (Å²) in [7, 11) is 0.